The SMILES string of the molecule is CC(C)(C)OC(=O)NC[C@H](N)C(=O)OC(=O)OCc1ccccc1. The van der Waals surface area contributed by atoms with Crippen molar-refractivity contribution in [2.24, 2.45) is 5.73 Å². The number of rotatable bonds is 5. The number of alkyl carbamates (subject to hydrolysis) is 1. The molecule has 8 heteroatoms. The molecule has 0 aliphatic carbocycles. The number of benzene rings is 1. The van der Waals surface area contributed by atoms with Gasteiger partial charge in [-0.15, -0.1) is 0 Å². The van der Waals surface area contributed by atoms with E-state index in [-0.39, 0.29) is 13.2 Å². The number of ether oxygens (including phenoxy) is 3. The van der Waals surface area contributed by atoms with Crippen LogP contribution < -0.4 is 11.1 Å². The molecule has 1 aromatic carbocycles. The van der Waals surface area contributed by atoms with Crippen molar-refractivity contribution in [2.75, 3.05) is 6.54 Å². The lowest BCUT2D eigenvalue weighted by Gasteiger charge is -2.20. The van der Waals surface area contributed by atoms with Crippen LogP contribution in [0.1, 0.15) is 26.3 Å². The average Bonchev–Trinajstić information content (AvgIpc) is 2.50. The Balaban J connectivity index is 2.30. The monoisotopic (exact) mass is 338 g/mol. The largest absolute Gasteiger partial charge is 0.516 e. The maximum atomic E-state index is 11.6. The molecule has 0 heterocycles. The first-order valence-electron chi connectivity index (χ1n) is 7.32. The molecule has 132 valence electrons. The van der Waals surface area contributed by atoms with Gasteiger partial charge in [-0.1, -0.05) is 30.3 Å². The number of hydrogen-bond donors (Lipinski definition) is 2. The van der Waals surface area contributed by atoms with Gasteiger partial charge in [-0.25, -0.2) is 14.4 Å². The normalized spacial score (nSPS) is 12.0. The average molecular weight is 338 g/mol. The van der Waals surface area contributed by atoms with Crippen molar-refractivity contribution in [1.29, 1.82) is 0 Å². The van der Waals surface area contributed by atoms with Crippen molar-refractivity contribution in [1.82, 2.24) is 5.32 Å². The first-order valence-corrected chi connectivity index (χ1v) is 7.32. The van der Waals surface area contributed by atoms with Crippen LogP contribution in [0.5, 0.6) is 0 Å². The van der Waals surface area contributed by atoms with Crippen LogP contribution in [0, 0.1) is 0 Å². The molecular weight excluding hydrogens is 316 g/mol. The third-order valence-corrected chi connectivity index (χ3v) is 2.55. The Bertz CT molecular complexity index is 568. The fourth-order valence-electron chi connectivity index (χ4n) is 1.49. The molecule has 0 aromatic heterocycles. The fourth-order valence-corrected chi connectivity index (χ4v) is 1.49. The maximum Gasteiger partial charge on any atom is 0.516 e. The van der Waals surface area contributed by atoms with Gasteiger partial charge in [0, 0.05) is 6.54 Å². The zero-order valence-electron chi connectivity index (χ0n) is 13.9. The summed E-state index contributed by atoms with van der Waals surface area (Å²) in [5, 5.41) is 2.31. The lowest BCUT2D eigenvalue weighted by atomic mass is 10.2. The number of hydrogen-bond acceptors (Lipinski definition) is 7. The third-order valence-electron chi connectivity index (χ3n) is 2.55. The van der Waals surface area contributed by atoms with Crippen molar-refractivity contribution in [3.8, 4) is 0 Å². The van der Waals surface area contributed by atoms with Gasteiger partial charge >= 0.3 is 18.2 Å². The van der Waals surface area contributed by atoms with Gasteiger partial charge in [0.05, 0.1) is 0 Å². The molecule has 0 spiro atoms. The number of carbonyl (C=O) groups excluding carboxylic acids is 3. The predicted molar refractivity (Wildman–Crippen MR) is 84.9 cm³/mol. The van der Waals surface area contributed by atoms with Crippen molar-refractivity contribution < 1.29 is 28.6 Å². The molecule has 0 unspecified atom stereocenters. The van der Waals surface area contributed by atoms with Crippen LogP contribution in [0.25, 0.3) is 0 Å². The quantitative estimate of drug-likeness (QED) is 0.620. The van der Waals surface area contributed by atoms with Gasteiger partial charge in [-0.05, 0) is 26.3 Å². The highest BCUT2D eigenvalue weighted by atomic mass is 16.7. The smallest absolute Gasteiger partial charge is 0.444 e. The number of carbonyl (C=O) groups is 3. The number of amides is 1. The topological polar surface area (TPSA) is 117 Å². The summed E-state index contributed by atoms with van der Waals surface area (Å²) in [5.74, 6) is -1.01. The predicted octanol–water partition coefficient (Wildman–Crippen LogP) is 1.72. The van der Waals surface area contributed by atoms with Crippen molar-refractivity contribution in [2.45, 2.75) is 39.0 Å². The van der Waals surface area contributed by atoms with Crippen LogP contribution in [-0.2, 0) is 25.6 Å². The van der Waals surface area contributed by atoms with Crippen LogP contribution in [0.4, 0.5) is 9.59 Å². The van der Waals surface area contributed by atoms with Gasteiger partial charge in [-0.3, -0.25) is 0 Å². The molecule has 8 nitrogen and oxygen atoms in total. The van der Waals surface area contributed by atoms with Crippen molar-refractivity contribution in [3.05, 3.63) is 35.9 Å². The van der Waals surface area contributed by atoms with Gasteiger partial charge < -0.3 is 25.3 Å². The first kappa shape index (κ1) is 19.4. The molecule has 1 atom stereocenters. The second kappa shape index (κ2) is 8.88. The number of esters is 1. The van der Waals surface area contributed by atoms with E-state index >= 15 is 0 Å². The van der Waals surface area contributed by atoms with Gasteiger partial charge in [-0.2, -0.15) is 0 Å². The summed E-state index contributed by atoms with van der Waals surface area (Å²) in [4.78, 5) is 34.5. The molecule has 0 fully saturated rings. The van der Waals surface area contributed by atoms with E-state index in [0.717, 1.165) is 5.56 Å². The molecule has 0 saturated carbocycles. The van der Waals surface area contributed by atoms with Crippen LogP contribution in [-0.4, -0.2) is 36.4 Å². The van der Waals surface area contributed by atoms with Gasteiger partial charge in [0.2, 0.25) is 0 Å². The standard InChI is InChI=1S/C16H22N2O6/c1-16(2,3)24-14(20)18-9-12(17)13(19)23-15(21)22-10-11-7-5-4-6-8-11/h4-8,12H,9-10,17H2,1-3H3,(H,18,20)/t12-/m0/s1. The Labute approximate surface area is 140 Å². The highest BCUT2D eigenvalue weighted by Gasteiger charge is 2.22. The highest BCUT2D eigenvalue weighted by Crippen LogP contribution is 2.06. The second-order valence-electron chi connectivity index (χ2n) is 5.93. The third kappa shape index (κ3) is 8.14. The van der Waals surface area contributed by atoms with Crippen molar-refractivity contribution in [3.63, 3.8) is 0 Å². The van der Waals surface area contributed by atoms with Crippen LogP contribution in [0.15, 0.2) is 30.3 Å². The zero-order valence-corrected chi connectivity index (χ0v) is 13.9. The first-order chi connectivity index (χ1) is 11.2. The summed E-state index contributed by atoms with van der Waals surface area (Å²) in [5.41, 5.74) is 5.61. The molecule has 0 radical (unpaired) electrons. The molecule has 0 aliphatic rings. The Morgan fingerprint density at radius 2 is 1.79 bits per heavy atom. The van der Waals surface area contributed by atoms with Gasteiger partial charge in [0.1, 0.15) is 18.2 Å². The maximum absolute atomic E-state index is 11.6. The summed E-state index contributed by atoms with van der Waals surface area (Å²) >= 11 is 0. The van der Waals surface area contributed by atoms with Crippen LogP contribution in [0.3, 0.4) is 0 Å². The van der Waals surface area contributed by atoms with Crippen molar-refractivity contribution >= 4 is 18.2 Å². The Morgan fingerprint density at radius 3 is 2.38 bits per heavy atom. The van der Waals surface area contributed by atoms with Gasteiger partial charge in [0.15, 0.2) is 0 Å². The summed E-state index contributed by atoms with van der Waals surface area (Å²) in [7, 11) is 0. The fraction of sp³-hybridized carbons (Fsp3) is 0.438. The second-order valence-corrected chi connectivity index (χ2v) is 5.93. The molecule has 1 amide bonds. The molecule has 1 rings (SSSR count). The lowest BCUT2D eigenvalue weighted by molar-refractivity contribution is -0.141. The van der Waals surface area contributed by atoms with Crippen LogP contribution >= 0.6 is 0 Å². The van der Waals surface area contributed by atoms with E-state index in [2.05, 4.69) is 10.1 Å². The summed E-state index contributed by atoms with van der Waals surface area (Å²) in [6, 6.07) is 7.68. The van der Waals surface area contributed by atoms with E-state index in [1.807, 2.05) is 6.07 Å². The summed E-state index contributed by atoms with van der Waals surface area (Å²) in [6.45, 7) is 4.83. The summed E-state index contributed by atoms with van der Waals surface area (Å²) in [6.07, 6.45) is -1.88. The summed E-state index contributed by atoms with van der Waals surface area (Å²) < 4.78 is 14.2. The van der Waals surface area contributed by atoms with E-state index in [9.17, 15) is 14.4 Å². The minimum absolute atomic E-state index is 0.0294. The lowest BCUT2D eigenvalue weighted by Crippen LogP contribution is -2.45. The Hall–Kier alpha value is -2.61. The zero-order chi connectivity index (χ0) is 18.2. The Morgan fingerprint density at radius 1 is 1.17 bits per heavy atom. The van der Waals surface area contributed by atoms with E-state index < -0.39 is 29.9 Å². The molecule has 3 N–H and O–H groups in total. The Kier molecular flexibility index (Phi) is 7.19. The molecule has 24 heavy (non-hydrogen) atoms. The number of nitrogens with two attached hydrogens (primary N) is 1. The molecule has 0 saturated heterocycles. The van der Waals surface area contributed by atoms with E-state index in [1.165, 1.54) is 0 Å². The highest BCUT2D eigenvalue weighted by molar-refractivity contribution is 5.86. The van der Waals surface area contributed by atoms with Crippen LogP contribution in [0.2, 0.25) is 0 Å². The molecule has 1 aromatic rings. The minimum Gasteiger partial charge on any atom is -0.444 e. The molecule has 0 aliphatic heterocycles. The van der Waals surface area contributed by atoms with Gasteiger partial charge in [0.25, 0.3) is 0 Å². The van der Waals surface area contributed by atoms with E-state index in [0.29, 0.717) is 0 Å². The minimum atomic E-state index is -1.22. The van der Waals surface area contributed by atoms with E-state index in [4.69, 9.17) is 15.2 Å². The molecule has 0 bridgehead atoms. The van der Waals surface area contributed by atoms with E-state index in [1.54, 1.807) is 45.0 Å². The number of nitrogens with one attached hydrogen (secondary N) is 1. The molecular formula is C16H22N2O6.